The Morgan fingerprint density at radius 3 is 2.71 bits per heavy atom. The lowest BCUT2D eigenvalue weighted by atomic mass is 10.2. The number of rotatable bonds is 2. The van der Waals surface area contributed by atoms with Crippen molar-refractivity contribution in [2.75, 3.05) is 7.11 Å². The highest BCUT2D eigenvalue weighted by Gasteiger charge is 2.07. The number of para-hydroxylation sites is 1. The molecular weight excluding hydrogens is 176 g/mol. The van der Waals surface area contributed by atoms with Crippen LogP contribution in [0.4, 0.5) is 0 Å². The molecule has 72 valence electrons. The number of nitrogens with zero attached hydrogens (tertiary/aromatic N) is 2. The predicted octanol–water partition coefficient (Wildman–Crippen LogP) is 2.10. The molecule has 1 heterocycles. The Kier molecular flexibility index (Phi) is 2.23. The number of imidazole rings is 1. The summed E-state index contributed by atoms with van der Waals surface area (Å²) < 4.78 is 7.24. The van der Waals surface area contributed by atoms with Gasteiger partial charge in [-0.3, -0.25) is 0 Å². The average molecular weight is 188 g/mol. The second kappa shape index (κ2) is 3.54. The standard InChI is InChI=1S/C11H12N2O/c1-13-8-7-12-11(13)9-5-3-4-6-10(9)14-2/h3-8H,1-2H3. The molecule has 0 N–H and O–H groups in total. The maximum absolute atomic E-state index is 5.27. The van der Waals surface area contributed by atoms with Gasteiger partial charge in [0.2, 0.25) is 0 Å². The van der Waals surface area contributed by atoms with E-state index in [1.807, 2.05) is 42.1 Å². The molecule has 3 heteroatoms. The topological polar surface area (TPSA) is 27.1 Å². The molecule has 0 unspecified atom stereocenters. The fourth-order valence-corrected chi connectivity index (χ4v) is 1.45. The summed E-state index contributed by atoms with van der Waals surface area (Å²) in [6, 6.07) is 7.86. The summed E-state index contributed by atoms with van der Waals surface area (Å²) in [4.78, 5) is 4.28. The van der Waals surface area contributed by atoms with Gasteiger partial charge in [0.25, 0.3) is 0 Å². The van der Waals surface area contributed by atoms with Gasteiger partial charge < -0.3 is 9.30 Å². The van der Waals surface area contributed by atoms with Crippen molar-refractivity contribution >= 4 is 0 Å². The van der Waals surface area contributed by atoms with E-state index in [1.54, 1.807) is 13.3 Å². The smallest absolute Gasteiger partial charge is 0.143 e. The van der Waals surface area contributed by atoms with Crippen LogP contribution in [-0.4, -0.2) is 16.7 Å². The summed E-state index contributed by atoms with van der Waals surface area (Å²) in [6.07, 6.45) is 3.70. The molecule has 0 amide bonds. The number of benzene rings is 1. The van der Waals surface area contributed by atoms with E-state index < -0.39 is 0 Å². The van der Waals surface area contributed by atoms with E-state index in [0.29, 0.717) is 0 Å². The van der Waals surface area contributed by atoms with Crippen LogP contribution in [0.1, 0.15) is 0 Å². The van der Waals surface area contributed by atoms with Gasteiger partial charge in [0.15, 0.2) is 0 Å². The minimum Gasteiger partial charge on any atom is -0.496 e. The van der Waals surface area contributed by atoms with Crippen LogP contribution in [0.3, 0.4) is 0 Å². The second-order valence-corrected chi connectivity index (χ2v) is 3.06. The Labute approximate surface area is 83.0 Å². The van der Waals surface area contributed by atoms with Gasteiger partial charge in [0, 0.05) is 19.4 Å². The lowest BCUT2D eigenvalue weighted by Gasteiger charge is -2.07. The highest BCUT2D eigenvalue weighted by atomic mass is 16.5. The number of hydrogen-bond donors (Lipinski definition) is 0. The minimum atomic E-state index is 0.849. The molecule has 0 aliphatic heterocycles. The lowest BCUT2D eigenvalue weighted by Crippen LogP contribution is -1.94. The summed E-state index contributed by atoms with van der Waals surface area (Å²) in [5.74, 6) is 1.77. The van der Waals surface area contributed by atoms with Crippen LogP contribution in [0.15, 0.2) is 36.7 Å². The predicted molar refractivity (Wildman–Crippen MR) is 55.2 cm³/mol. The summed E-state index contributed by atoms with van der Waals surface area (Å²) in [6.45, 7) is 0. The van der Waals surface area contributed by atoms with Crippen molar-refractivity contribution in [2.24, 2.45) is 7.05 Å². The summed E-state index contributed by atoms with van der Waals surface area (Å²) in [5.41, 5.74) is 1.02. The number of aromatic nitrogens is 2. The monoisotopic (exact) mass is 188 g/mol. The first-order valence-electron chi connectivity index (χ1n) is 4.43. The molecule has 1 aromatic heterocycles. The van der Waals surface area contributed by atoms with Crippen LogP contribution < -0.4 is 4.74 Å². The van der Waals surface area contributed by atoms with E-state index in [4.69, 9.17) is 4.74 Å². The van der Waals surface area contributed by atoms with Crippen molar-refractivity contribution in [1.29, 1.82) is 0 Å². The maximum Gasteiger partial charge on any atom is 0.143 e. The van der Waals surface area contributed by atoms with Crippen molar-refractivity contribution in [3.05, 3.63) is 36.7 Å². The Morgan fingerprint density at radius 2 is 2.07 bits per heavy atom. The largest absolute Gasteiger partial charge is 0.496 e. The van der Waals surface area contributed by atoms with Crippen LogP contribution >= 0.6 is 0 Å². The first-order valence-corrected chi connectivity index (χ1v) is 4.43. The molecule has 0 radical (unpaired) electrons. The van der Waals surface area contributed by atoms with Crippen molar-refractivity contribution in [3.63, 3.8) is 0 Å². The van der Waals surface area contributed by atoms with E-state index in [-0.39, 0.29) is 0 Å². The lowest BCUT2D eigenvalue weighted by molar-refractivity contribution is 0.416. The van der Waals surface area contributed by atoms with Crippen molar-refractivity contribution in [1.82, 2.24) is 9.55 Å². The number of methoxy groups -OCH3 is 1. The number of ether oxygens (including phenoxy) is 1. The third kappa shape index (κ3) is 1.37. The molecule has 14 heavy (non-hydrogen) atoms. The van der Waals surface area contributed by atoms with E-state index >= 15 is 0 Å². The van der Waals surface area contributed by atoms with Gasteiger partial charge in [-0.15, -0.1) is 0 Å². The quantitative estimate of drug-likeness (QED) is 0.721. The molecule has 3 nitrogen and oxygen atoms in total. The van der Waals surface area contributed by atoms with Gasteiger partial charge >= 0.3 is 0 Å². The van der Waals surface area contributed by atoms with Crippen LogP contribution in [0.2, 0.25) is 0 Å². The molecule has 0 aliphatic rings. The first-order chi connectivity index (χ1) is 6.83. The SMILES string of the molecule is COc1ccccc1-c1nccn1C. The zero-order chi connectivity index (χ0) is 9.97. The molecule has 0 spiro atoms. The molecule has 2 rings (SSSR count). The fourth-order valence-electron chi connectivity index (χ4n) is 1.45. The van der Waals surface area contributed by atoms with Gasteiger partial charge in [-0.1, -0.05) is 12.1 Å². The van der Waals surface area contributed by atoms with E-state index in [0.717, 1.165) is 17.1 Å². The van der Waals surface area contributed by atoms with Gasteiger partial charge in [-0.25, -0.2) is 4.98 Å². The Bertz CT molecular complexity index is 434. The third-order valence-corrected chi connectivity index (χ3v) is 2.17. The van der Waals surface area contributed by atoms with Crippen LogP contribution in [-0.2, 0) is 7.05 Å². The average Bonchev–Trinajstić information content (AvgIpc) is 2.64. The van der Waals surface area contributed by atoms with Crippen molar-refractivity contribution in [2.45, 2.75) is 0 Å². The zero-order valence-electron chi connectivity index (χ0n) is 8.27. The first kappa shape index (κ1) is 8.81. The summed E-state index contributed by atoms with van der Waals surface area (Å²) in [5, 5.41) is 0. The van der Waals surface area contributed by atoms with Crippen LogP contribution in [0, 0.1) is 0 Å². The molecule has 0 atom stereocenters. The van der Waals surface area contributed by atoms with Crippen molar-refractivity contribution in [3.8, 4) is 17.1 Å². The van der Waals surface area contributed by atoms with Crippen LogP contribution in [0.5, 0.6) is 5.75 Å². The summed E-state index contributed by atoms with van der Waals surface area (Å²) in [7, 11) is 3.64. The van der Waals surface area contributed by atoms with Gasteiger partial charge in [-0.2, -0.15) is 0 Å². The molecule has 0 saturated heterocycles. The van der Waals surface area contributed by atoms with E-state index in [9.17, 15) is 0 Å². The highest BCUT2D eigenvalue weighted by Crippen LogP contribution is 2.27. The highest BCUT2D eigenvalue weighted by molar-refractivity contribution is 5.64. The Balaban J connectivity index is 2.56. The van der Waals surface area contributed by atoms with E-state index in [2.05, 4.69) is 4.98 Å². The third-order valence-electron chi connectivity index (χ3n) is 2.17. The zero-order valence-corrected chi connectivity index (χ0v) is 8.27. The molecule has 0 saturated carbocycles. The van der Waals surface area contributed by atoms with Gasteiger partial charge in [0.1, 0.15) is 11.6 Å². The van der Waals surface area contributed by atoms with E-state index in [1.165, 1.54) is 0 Å². The second-order valence-electron chi connectivity index (χ2n) is 3.06. The molecular formula is C11H12N2O. The molecule has 0 fully saturated rings. The van der Waals surface area contributed by atoms with Gasteiger partial charge in [-0.05, 0) is 12.1 Å². The van der Waals surface area contributed by atoms with Crippen molar-refractivity contribution < 1.29 is 4.74 Å². The minimum absolute atomic E-state index is 0.849. The maximum atomic E-state index is 5.27. The van der Waals surface area contributed by atoms with Crippen LogP contribution in [0.25, 0.3) is 11.4 Å². The molecule has 2 aromatic rings. The number of aryl methyl sites for hydroxylation is 1. The molecule has 0 aliphatic carbocycles. The normalized spacial score (nSPS) is 10.1. The number of hydrogen-bond acceptors (Lipinski definition) is 2. The Hall–Kier alpha value is -1.77. The molecule has 1 aromatic carbocycles. The van der Waals surface area contributed by atoms with Gasteiger partial charge in [0.05, 0.1) is 12.7 Å². The summed E-state index contributed by atoms with van der Waals surface area (Å²) >= 11 is 0. The fraction of sp³-hybridized carbons (Fsp3) is 0.182. The molecule has 0 bridgehead atoms. The Morgan fingerprint density at radius 1 is 1.29 bits per heavy atom.